The van der Waals surface area contributed by atoms with Gasteiger partial charge in [0.1, 0.15) is 0 Å². The number of nitriles is 1. The second-order valence-electron chi connectivity index (χ2n) is 6.99. The zero-order valence-corrected chi connectivity index (χ0v) is 15.4. The summed E-state index contributed by atoms with van der Waals surface area (Å²) in [6.45, 7) is 11.3. The Hall–Kier alpha value is -2.82. The van der Waals surface area contributed by atoms with Gasteiger partial charge < -0.3 is 4.57 Å². The van der Waals surface area contributed by atoms with Gasteiger partial charge in [-0.3, -0.25) is 4.98 Å². The summed E-state index contributed by atoms with van der Waals surface area (Å²) in [5, 5.41) is 10.8. The molecule has 128 valence electrons. The number of pyridine rings is 1. The topological polar surface area (TPSA) is 46.0 Å². The highest BCUT2D eigenvalue weighted by atomic mass is 35.5. The van der Waals surface area contributed by atoms with Crippen LogP contribution >= 0.6 is 11.6 Å². The van der Waals surface area contributed by atoms with E-state index in [0.717, 1.165) is 46.0 Å². The maximum absolute atomic E-state index is 9.11. The van der Waals surface area contributed by atoms with Crippen LogP contribution in [0.2, 0.25) is 5.02 Å². The summed E-state index contributed by atoms with van der Waals surface area (Å²) in [5.74, 6) is 0.133. The second-order valence-corrected chi connectivity index (χ2v) is 7.36. The Kier molecular flexibility index (Phi) is 3.94. The van der Waals surface area contributed by atoms with Gasteiger partial charge in [-0.2, -0.15) is 5.26 Å². The fraction of sp³-hybridized carbons (Fsp3) is 0.286. The van der Waals surface area contributed by atoms with Crippen LogP contribution in [-0.2, 0) is 0 Å². The minimum atomic E-state index is 0.133. The predicted octanol–water partition coefficient (Wildman–Crippen LogP) is 6.00. The van der Waals surface area contributed by atoms with Crippen LogP contribution in [0.1, 0.15) is 30.0 Å². The number of aromatic nitrogens is 2. The lowest BCUT2D eigenvalue weighted by atomic mass is 9.81. The van der Waals surface area contributed by atoms with Crippen LogP contribution in [-0.4, -0.2) is 9.55 Å². The monoisotopic (exact) mass is 360 g/mol. The first kappa shape index (κ1) is 16.6. The Balaban J connectivity index is 1.97. The molecule has 1 aliphatic carbocycles. The number of fused-ring (bicyclic) bond motifs is 1. The van der Waals surface area contributed by atoms with Crippen LogP contribution in [0.15, 0.2) is 30.7 Å². The molecule has 0 amide bonds. The number of benzene rings is 1. The molecule has 2 aromatic heterocycles. The van der Waals surface area contributed by atoms with E-state index >= 15 is 0 Å². The van der Waals surface area contributed by atoms with Gasteiger partial charge in [0.05, 0.1) is 23.6 Å². The maximum atomic E-state index is 9.11. The number of hydrogen-bond acceptors (Lipinski definition) is 2. The van der Waals surface area contributed by atoms with Gasteiger partial charge in [0.2, 0.25) is 0 Å². The fourth-order valence-corrected chi connectivity index (χ4v) is 3.88. The van der Waals surface area contributed by atoms with Crippen LogP contribution < -0.4 is 0 Å². The van der Waals surface area contributed by atoms with Crippen molar-refractivity contribution in [2.45, 2.75) is 32.7 Å². The Morgan fingerprint density at radius 3 is 2.69 bits per heavy atom. The standard InChI is InChI=1S/C21H17ClN4/c1-12-4-20-16(7-19(12)24-3)18(17-10-25-9-13(2)21(17)22)11-26(20)15-5-14(6-15)8-23/h4,7,9-11,14-15H,5-6H2,1-2H3. The summed E-state index contributed by atoms with van der Waals surface area (Å²) in [5.41, 5.74) is 5.50. The minimum Gasteiger partial charge on any atom is -0.344 e. The van der Waals surface area contributed by atoms with E-state index in [9.17, 15) is 0 Å². The van der Waals surface area contributed by atoms with Crippen molar-refractivity contribution in [2.75, 3.05) is 0 Å². The second kappa shape index (κ2) is 6.16. The van der Waals surface area contributed by atoms with E-state index in [1.165, 1.54) is 0 Å². The average Bonchev–Trinajstić information content (AvgIpc) is 2.94. The smallest absolute Gasteiger partial charge is 0.190 e. The molecule has 26 heavy (non-hydrogen) atoms. The van der Waals surface area contributed by atoms with Crippen molar-refractivity contribution in [1.82, 2.24) is 9.55 Å². The van der Waals surface area contributed by atoms with Crippen molar-refractivity contribution in [3.63, 3.8) is 0 Å². The highest BCUT2D eigenvalue weighted by molar-refractivity contribution is 6.34. The molecule has 0 unspecified atom stereocenters. The van der Waals surface area contributed by atoms with E-state index in [-0.39, 0.29) is 5.92 Å². The molecule has 2 heterocycles. The van der Waals surface area contributed by atoms with E-state index in [4.69, 9.17) is 23.4 Å². The van der Waals surface area contributed by atoms with E-state index < -0.39 is 0 Å². The molecule has 0 saturated heterocycles. The molecule has 1 saturated carbocycles. The molecular formula is C21H17ClN4. The lowest BCUT2D eigenvalue weighted by molar-refractivity contribution is 0.254. The number of aryl methyl sites for hydroxylation is 2. The number of rotatable bonds is 2. The molecule has 0 atom stereocenters. The quantitative estimate of drug-likeness (QED) is 0.526. The van der Waals surface area contributed by atoms with Crippen molar-refractivity contribution in [3.8, 4) is 17.2 Å². The van der Waals surface area contributed by atoms with Crippen LogP contribution in [0.4, 0.5) is 5.69 Å². The molecule has 0 spiro atoms. The third-order valence-corrected chi connectivity index (χ3v) is 5.81. The van der Waals surface area contributed by atoms with Gasteiger partial charge in [-0.15, -0.1) is 0 Å². The van der Waals surface area contributed by atoms with Crippen molar-refractivity contribution in [1.29, 1.82) is 5.26 Å². The molecule has 0 aliphatic heterocycles. The van der Waals surface area contributed by atoms with Crippen LogP contribution in [0, 0.1) is 37.7 Å². The van der Waals surface area contributed by atoms with Gasteiger partial charge in [-0.05, 0) is 55.3 Å². The van der Waals surface area contributed by atoms with Crippen LogP contribution in [0.5, 0.6) is 0 Å². The third kappa shape index (κ3) is 2.46. The fourth-order valence-electron chi connectivity index (χ4n) is 3.68. The highest BCUT2D eigenvalue weighted by Gasteiger charge is 2.32. The Labute approximate surface area is 157 Å². The lowest BCUT2D eigenvalue weighted by Gasteiger charge is -2.32. The first-order chi connectivity index (χ1) is 12.5. The number of nitrogens with zero attached hydrogens (tertiary/aromatic N) is 4. The first-order valence-corrected chi connectivity index (χ1v) is 8.94. The first-order valence-electron chi connectivity index (χ1n) is 8.56. The molecule has 3 aromatic rings. The van der Waals surface area contributed by atoms with Crippen LogP contribution in [0.3, 0.4) is 0 Å². The van der Waals surface area contributed by atoms with Gasteiger partial charge >= 0.3 is 0 Å². The Bertz CT molecular complexity index is 1110. The zero-order valence-electron chi connectivity index (χ0n) is 14.6. The molecule has 0 N–H and O–H groups in total. The molecule has 4 rings (SSSR count). The highest BCUT2D eigenvalue weighted by Crippen LogP contribution is 2.44. The number of halogens is 1. The lowest BCUT2D eigenvalue weighted by Crippen LogP contribution is -2.25. The van der Waals surface area contributed by atoms with E-state index in [0.29, 0.717) is 16.8 Å². The van der Waals surface area contributed by atoms with Gasteiger partial charge in [-0.25, -0.2) is 4.85 Å². The van der Waals surface area contributed by atoms with Crippen molar-refractivity contribution in [3.05, 3.63) is 58.3 Å². The average molecular weight is 361 g/mol. The molecular weight excluding hydrogens is 344 g/mol. The predicted molar refractivity (Wildman–Crippen MR) is 103 cm³/mol. The molecule has 5 heteroatoms. The molecule has 4 nitrogen and oxygen atoms in total. The van der Waals surface area contributed by atoms with Gasteiger partial charge in [0.15, 0.2) is 5.69 Å². The summed E-state index contributed by atoms with van der Waals surface area (Å²) in [6.07, 6.45) is 7.37. The van der Waals surface area contributed by atoms with Crippen molar-refractivity contribution < 1.29 is 0 Å². The minimum absolute atomic E-state index is 0.133. The molecule has 1 aromatic carbocycles. The van der Waals surface area contributed by atoms with Crippen LogP contribution in [0.25, 0.3) is 26.9 Å². The zero-order chi connectivity index (χ0) is 18.4. The van der Waals surface area contributed by atoms with Crippen molar-refractivity contribution in [2.24, 2.45) is 5.92 Å². The Morgan fingerprint density at radius 2 is 2.00 bits per heavy atom. The third-order valence-electron chi connectivity index (χ3n) is 5.31. The van der Waals surface area contributed by atoms with Gasteiger partial charge in [-0.1, -0.05) is 11.6 Å². The van der Waals surface area contributed by atoms with E-state index in [1.807, 2.05) is 19.9 Å². The summed E-state index contributed by atoms with van der Waals surface area (Å²) in [4.78, 5) is 7.96. The summed E-state index contributed by atoms with van der Waals surface area (Å²) >= 11 is 6.56. The van der Waals surface area contributed by atoms with E-state index in [1.54, 1.807) is 12.4 Å². The summed E-state index contributed by atoms with van der Waals surface area (Å²) in [6, 6.07) is 6.68. The summed E-state index contributed by atoms with van der Waals surface area (Å²) < 4.78 is 2.25. The SMILES string of the molecule is [C-]#[N+]c1cc2c(-c3cncc(C)c3Cl)cn(C3CC(C#N)C3)c2cc1C. The molecule has 0 radical (unpaired) electrons. The number of hydrogen-bond donors (Lipinski definition) is 0. The maximum Gasteiger partial charge on any atom is 0.190 e. The summed E-state index contributed by atoms with van der Waals surface area (Å²) in [7, 11) is 0. The molecule has 0 bridgehead atoms. The van der Waals surface area contributed by atoms with E-state index in [2.05, 4.69) is 32.7 Å². The molecule has 1 aliphatic rings. The van der Waals surface area contributed by atoms with Crippen molar-refractivity contribution >= 4 is 28.2 Å². The van der Waals surface area contributed by atoms with Gasteiger partial charge in [0, 0.05) is 41.3 Å². The Morgan fingerprint density at radius 1 is 1.23 bits per heavy atom. The largest absolute Gasteiger partial charge is 0.344 e. The molecule has 1 fully saturated rings. The normalized spacial score (nSPS) is 19.0. The van der Waals surface area contributed by atoms with Gasteiger partial charge in [0.25, 0.3) is 0 Å².